The van der Waals surface area contributed by atoms with E-state index in [1.807, 2.05) is 13.1 Å². The highest BCUT2D eigenvalue weighted by Crippen LogP contribution is 2.17. The fourth-order valence-electron chi connectivity index (χ4n) is 0.958. The summed E-state index contributed by atoms with van der Waals surface area (Å²) in [7, 11) is 0. The van der Waals surface area contributed by atoms with Crippen molar-refractivity contribution in [2.45, 2.75) is 41.0 Å². The van der Waals surface area contributed by atoms with E-state index in [1.54, 1.807) is 0 Å². The molecule has 0 bridgehead atoms. The first-order chi connectivity index (χ1) is 5.13. The van der Waals surface area contributed by atoms with Crippen LogP contribution in [0.1, 0.15) is 41.0 Å². The van der Waals surface area contributed by atoms with E-state index >= 15 is 0 Å². The van der Waals surface area contributed by atoms with E-state index in [0.717, 1.165) is 0 Å². The average molecular weight is 153 g/mol. The second-order valence-corrected chi connectivity index (χ2v) is 2.97. The maximum atomic E-state index is 4.25. The Morgan fingerprint density at radius 2 is 2.00 bits per heavy atom. The Bertz CT molecular complexity index is 166. The maximum Gasteiger partial charge on any atom is 0.0360 e. The van der Waals surface area contributed by atoms with Crippen LogP contribution >= 0.6 is 0 Å². The zero-order chi connectivity index (χ0) is 8.85. The van der Waals surface area contributed by atoms with Crippen molar-refractivity contribution in [3.8, 4) is 0 Å². The van der Waals surface area contributed by atoms with Gasteiger partial charge in [0.15, 0.2) is 0 Å². The van der Waals surface area contributed by atoms with E-state index in [9.17, 15) is 0 Å². The van der Waals surface area contributed by atoms with Gasteiger partial charge in [0.1, 0.15) is 0 Å². The molecule has 0 aliphatic rings. The van der Waals surface area contributed by atoms with Gasteiger partial charge in [-0.25, -0.2) is 0 Å². The smallest absolute Gasteiger partial charge is 0.0360 e. The molecule has 0 fully saturated rings. The Hall–Kier alpha value is -0.590. The van der Waals surface area contributed by atoms with Crippen molar-refractivity contribution in [1.82, 2.24) is 0 Å². The van der Waals surface area contributed by atoms with Crippen molar-refractivity contribution < 1.29 is 0 Å². The molecular weight excluding hydrogens is 134 g/mol. The summed E-state index contributed by atoms with van der Waals surface area (Å²) in [5.74, 6) is 0.665. The van der Waals surface area contributed by atoms with E-state index < -0.39 is 0 Å². The van der Waals surface area contributed by atoms with Gasteiger partial charge >= 0.3 is 0 Å². The minimum atomic E-state index is 0.665. The summed E-state index contributed by atoms with van der Waals surface area (Å²) >= 11 is 0. The van der Waals surface area contributed by atoms with Crippen LogP contribution in [-0.2, 0) is 0 Å². The van der Waals surface area contributed by atoms with E-state index in [0.29, 0.717) is 5.92 Å². The van der Waals surface area contributed by atoms with Crippen LogP contribution in [0.15, 0.2) is 16.3 Å². The van der Waals surface area contributed by atoms with Crippen LogP contribution in [0.5, 0.6) is 0 Å². The summed E-state index contributed by atoms with van der Waals surface area (Å²) in [6.45, 7) is 10.6. The molecule has 0 amide bonds. The van der Waals surface area contributed by atoms with Gasteiger partial charge < -0.3 is 0 Å². The molecule has 1 unspecified atom stereocenters. The highest BCUT2D eigenvalue weighted by molar-refractivity contribution is 5.55. The lowest BCUT2D eigenvalue weighted by atomic mass is 9.99. The lowest BCUT2D eigenvalue weighted by Crippen LogP contribution is -1.95. The predicted molar refractivity (Wildman–Crippen MR) is 52.0 cm³/mol. The summed E-state index contributed by atoms with van der Waals surface area (Å²) in [6, 6.07) is 0. The van der Waals surface area contributed by atoms with Crippen molar-refractivity contribution >= 4 is 6.21 Å². The lowest BCUT2D eigenvalue weighted by Gasteiger charge is -2.10. The number of aliphatic imine (C=N–C) groups is 1. The molecule has 0 N–H and O–H groups in total. The number of allylic oxidation sites excluding steroid dienone is 2. The van der Waals surface area contributed by atoms with Crippen molar-refractivity contribution in [2.24, 2.45) is 10.9 Å². The Kier molecular flexibility index (Phi) is 4.84. The summed E-state index contributed by atoms with van der Waals surface area (Å²) in [4.78, 5) is 4.25. The van der Waals surface area contributed by atoms with Crippen LogP contribution in [0.4, 0.5) is 0 Å². The molecule has 0 aromatic rings. The topological polar surface area (TPSA) is 12.4 Å². The van der Waals surface area contributed by atoms with Crippen molar-refractivity contribution in [1.29, 1.82) is 0 Å². The van der Waals surface area contributed by atoms with E-state index in [1.165, 1.54) is 17.7 Å². The van der Waals surface area contributed by atoms with E-state index in [4.69, 9.17) is 0 Å². The minimum Gasteiger partial charge on any atom is -0.266 e. The van der Waals surface area contributed by atoms with E-state index in [-0.39, 0.29) is 0 Å². The Labute approximate surface area is 70.2 Å². The monoisotopic (exact) mass is 153 g/mol. The second-order valence-electron chi connectivity index (χ2n) is 2.97. The molecule has 0 saturated carbocycles. The summed E-state index contributed by atoms with van der Waals surface area (Å²) in [5.41, 5.74) is 2.58. The highest BCUT2D eigenvalue weighted by atomic mass is 14.7. The first kappa shape index (κ1) is 10.4. The summed E-state index contributed by atoms with van der Waals surface area (Å²) in [5, 5.41) is 0. The lowest BCUT2D eigenvalue weighted by molar-refractivity contribution is 0.647. The Morgan fingerprint density at radius 3 is 2.36 bits per heavy atom. The molecule has 64 valence electrons. The maximum absolute atomic E-state index is 4.25. The minimum absolute atomic E-state index is 0.665. The molecule has 11 heavy (non-hydrogen) atoms. The average Bonchev–Trinajstić information content (AvgIpc) is 2.02. The number of hydrogen-bond donors (Lipinski definition) is 0. The fraction of sp³-hybridized carbons (Fsp3) is 0.700. The third-order valence-electron chi connectivity index (χ3n) is 2.25. The molecule has 1 nitrogen and oxygen atoms in total. The molecule has 1 atom stereocenters. The first-order valence-corrected chi connectivity index (χ1v) is 4.29. The number of rotatable bonds is 3. The molecule has 0 aromatic carbocycles. The van der Waals surface area contributed by atoms with Gasteiger partial charge in [-0.2, -0.15) is 0 Å². The molecule has 0 saturated heterocycles. The van der Waals surface area contributed by atoms with E-state index in [2.05, 4.69) is 32.7 Å². The summed E-state index contributed by atoms with van der Waals surface area (Å²) in [6.07, 6.45) is 3.05. The predicted octanol–water partition coefficient (Wildman–Crippen LogP) is 3.42. The van der Waals surface area contributed by atoms with Gasteiger partial charge in [0.05, 0.1) is 0 Å². The number of nitrogens with zero attached hydrogens (tertiary/aromatic N) is 1. The van der Waals surface area contributed by atoms with Gasteiger partial charge in [0.2, 0.25) is 0 Å². The third kappa shape index (κ3) is 3.35. The Balaban J connectivity index is 4.38. The van der Waals surface area contributed by atoms with Crippen LogP contribution in [0.3, 0.4) is 0 Å². The van der Waals surface area contributed by atoms with Gasteiger partial charge in [-0.15, -0.1) is 0 Å². The van der Waals surface area contributed by atoms with Crippen molar-refractivity contribution in [2.75, 3.05) is 0 Å². The zero-order valence-electron chi connectivity index (χ0n) is 8.31. The molecular formula is C10H19N. The van der Waals surface area contributed by atoms with Gasteiger partial charge in [0, 0.05) is 11.9 Å². The third-order valence-corrected chi connectivity index (χ3v) is 2.25. The molecule has 0 aliphatic carbocycles. The van der Waals surface area contributed by atoms with Crippen molar-refractivity contribution in [3.63, 3.8) is 0 Å². The molecule has 0 rings (SSSR count). The zero-order valence-corrected chi connectivity index (χ0v) is 8.31. The van der Waals surface area contributed by atoms with Crippen LogP contribution in [0, 0.1) is 5.92 Å². The molecule has 0 spiro atoms. The van der Waals surface area contributed by atoms with Crippen molar-refractivity contribution in [3.05, 3.63) is 11.3 Å². The largest absolute Gasteiger partial charge is 0.266 e. The van der Waals surface area contributed by atoms with Crippen LogP contribution in [-0.4, -0.2) is 6.21 Å². The van der Waals surface area contributed by atoms with Gasteiger partial charge in [-0.05, 0) is 38.7 Å². The number of hydrogen-bond acceptors (Lipinski definition) is 1. The molecule has 0 heterocycles. The first-order valence-electron chi connectivity index (χ1n) is 4.29. The van der Waals surface area contributed by atoms with Crippen LogP contribution in [0.25, 0.3) is 0 Å². The van der Waals surface area contributed by atoms with Gasteiger partial charge in [-0.3, -0.25) is 4.99 Å². The highest BCUT2D eigenvalue weighted by Gasteiger charge is 2.02. The quantitative estimate of drug-likeness (QED) is 0.551. The Morgan fingerprint density at radius 1 is 1.45 bits per heavy atom. The molecule has 0 aromatic heterocycles. The molecule has 0 radical (unpaired) electrons. The van der Waals surface area contributed by atoms with Gasteiger partial charge in [-0.1, -0.05) is 13.8 Å². The summed E-state index contributed by atoms with van der Waals surface area (Å²) < 4.78 is 0. The van der Waals surface area contributed by atoms with Gasteiger partial charge in [0.25, 0.3) is 0 Å². The molecule has 1 heteroatoms. The molecule has 0 aliphatic heterocycles. The normalized spacial score (nSPS) is 16.8. The van der Waals surface area contributed by atoms with Crippen LogP contribution in [0.2, 0.25) is 0 Å². The fourth-order valence-corrected chi connectivity index (χ4v) is 0.958. The van der Waals surface area contributed by atoms with Crippen LogP contribution < -0.4 is 0 Å². The second kappa shape index (κ2) is 5.11. The standard InChI is InChI=1S/C10H19N/c1-6-8(3)9(4)10(5)11-7-2/h7-8H,6H2,1-5H3/b10-9+,11-7-. The SMILES string of the molecule is C/C=N\C(C)=C(/C)C(C)CC.